The number of hydrogen-bond acceptors (Lipinski definition) is 6. The summed E-state index contributed by atoms with van der Waals surface area (Å²) in [7, 11) is 0. The molecule has 0 N–H and O–H groups in total. The lowest BCUT2D eigenvalue weighted by Crippen LogP contribution is -2.28. The number of furan rings is 1. The monoisotopic (exact) mass is 440 g/mol. The minimum absolute atomic E-state index is 0.125. The Labute approximate surface area is 180 Å². The zero-order chi connectivity index (χ0) is 21.4. The molecule has 2 heterocycles. The van der Waals surface area contributed by atoms with Crippen LogP contribution in [-0.4, -0.2) is 16.1 Å². The van der Waals surface area contributed by atoms with Gasteiger partial charge in [-0.25, -0.2) is 4.90 Å². The second-order valence-corrected chi connectivity index (χ2v) is 7.83. The number of para-hydroxylation sites is 1. The zero-order valence-corrected chi connectivity index (χ0v) is 17.1. The number of nitrogens with zero attached hydrogens (tertiary/aromatic N) is 2. The van der Waals surface area contributed by atoms with Gasteiger partial charge < -0.3 is 4.42 Å². The number of nitro benzene ring substituents is 1. The van der Waals surface area contributed by atoms with Crippen molar-refractivity contribution in [1.29, 1.82) is 0 Å². The third-order valence-corrected chi connectivity index (χ3v) is 5.66. The van der Waals surface area contributed by atoms with E-state index in [1.807, 2.05) is 19.1 Å². The molecule has 0 unspecified atom stereocenters. The molecular formula is C21H13ClN2O5S. The lowest BCUT2D eigenvalue weighted by molar-refractivity contribution is -0.384. The molecule has 9 heteroatoms. The van der Waals surface area contributed by atoms with E-state index in [1.165, 1.54) is 24.3 Å². The highest BCUT2D eigenvalue weighted by atomic mass is 35.5. The van der Waals surface area contributed by atoms with Crippen LogP contribution in [0.1, 0.15) is 11.3 Å². The van der Waals surface area contributed by atoms with E-state index in [4.69, 9.17) is 16.0 Å². The Balaban J connectivity index is 1.62. The van der Waals surface area contributed by atoms with E-state index in [9.17, 15) is 19.7 Å². The highest BCUT2D eigenvalue weighted by Crippen LogP contribution is 2.38. The molecule has 7 nitrogen and oxygen atoms in total. The summed E-state index contributed by atoms with van der Waals surface area (Å²) in [5.74, 6) is 0.319. The van der Waals surface area contributed by atoms with Gasteiger partial charge in [0.15, 0.2) is 0 Å². The molecule has 2 amide bonds. The van der Waals surface area contributed by atoms with Crippen molar-refractivity contribution in [3.05, 3.63) is 86.0 Å². The smallest absolute Gasteiger partial charge is 0.298 e. The molecule has 0 saturated carbocycles. The summed E-state index contributed by atoms with van der Waals surface area (Å²) in [6.45, 7) is 1.83. The number of carbonyl (C=O) groups is 2. The van der Waals surface area contributed by atoms with E-state index in [2.05, 4.69) is 0 Å². The molecule has 3 aromatic rings. The van der Waals surface area contributed by atoms with E-state index in [-0.39, 0.29) is 20.9 Å². The molecule has 0 bridgehead atoms. The fraction of sp³-hybridized carbons (Fsp3) is 0.0476. The normalized spacial score (nSPS) is 15.3. The number of nitro groups is 1. The van der Waals surface area contributed by atoms with Crippen LogP contribution in [0.25, 0.3) is 17.4 Å². The lowest BCUT2D eigenvalue weighted by atomic mass is 10.1. The molecule has 0 radical (unpaired) electrons. The van der Waals surface area contributed by atoms with Gasteiger partial charge in [0.1, 0.15) is 11.5 Å². The maximum absolute atomic E-state index is 12.8. The van der Waals surface area contributed by atoms with Crippen molar-refractivity contribution in [3.63, 3.8) is 0 Å². The molecule has 4 rings (SSSR count). The van der Waals surface area contributed by atoms with Gasteiger partial charge in [-0.3, -0.25) is 19.7 Å². The Morgan fingerprint density at radius 2 is 1.90 bits per heavy atom. The number of thioether (sulfide) groups is 1. The molecule has 0 spiro atoms. The maximum Gasteiger partial charge on any atom is 0.298 e. The van der Waals surface area contributed by atoms with Crippen LogP contribution in [0.3, 0.4) is 0 Å². The summed E-state index contributed by atoms with van der Waals surface area (Å²) >= 11 is 6.97. The molecule has 1 aliphatic rings. The van der Waals surface area contributed by atoms with Crippen LogP contribution in [0.15, 0.2) is 63.9 Å². The molecule has 2 aromatic carbocycles. The minimum Gasteiger partial charge on any atom is -0.457 e. The number of carbonyl (C=O) groups excluding carboxylic acids is 2. The lowest BCUT2D eigenvalue weighted by Gasteiger charge is -2.14. The number of amides is 2. The van der Waals surface area contributed by atoms with Gasteiger partial charge in [-0.05, 0) is 48.5 Å². The first-order valence-electron chi connectivity index (χ1n) is 8.73. The standard InChI is InChI=1S/C21H13ClN2O5S/c1-12-4-2-3-5-17(12)23-20(25)19(30-21(23)26)11-14-7-9-18(29-14)15-8-6-13(24(27)28)10-16(15)22/h2-11H,1H3/b19-11+. The van der Waals surface area contributed by atoms with Gasteiger partial charge in [0.25, 0.3) is 16.8 Å². The third-order valence-electron chi connectivity index (χ3n) is 4.48. The van der Waals surface area contributed by atoms with Gasteiger partial charge >= 0.3 is 0 Å². The van der Waals surface area contributed by atoms with Crippen molar-refractivity contribution in [2.45, 2.75) is 6.92 Å². The van der Waals surface area contributed by atoms with E-state index >= 15 is 0 Å². The second kappa shape index (κ2) is 7.81. The maximum atomic E-state index is 12.8. The number of aryl methyl sites for hydroxylation is 1. The van der Waals surface area contributed by atoms with Crippen LogP contribution in [0, 0.1) is 17.0 Å². The van der Waals surface area contributed by atoms with Gasteiger partial charge in [0.2, 0.25) is 0 Å². The molecule has 1 fully saturated rings. The van der Waals surface area contributed by atoms with Crippen LogP contribution >= 0.6 is 23.4 Å². The number of imide groups is 1. The van der Waals surface area contributed by atoms with Gasteiger partial charge in [-0.15, -0.1) is 0 Å². The number of hydrogen-bond donors (Lipinski definition) is 0. The average molecular weight is 441 g/mol. The summed E-state index contributed by atoms with van der Waals surface area (Å²) in [4.78, 5) is 36.9. The van der Waals surface area contributed by atoms with Crippen LogP contribution in [0.4, 0.5) is 16.2 Å². The third kappa shape index (κ3) is 3.62. The van der Waals surface area contributed by atoms with Crippen molar-refractivity contribution < 1.29 is 18.9 Å². The van der Waals surface area contributed by atoms with Crippen molar-refractivity contribution >= 4 is 52.0 Å². The minimum atomic E-state index is -0.534. The molecule has 1 saturated heterocycles. The Hall–Kier alpha value is -3.36. The number of rotatable bonds is 4. The van der Waals surface area contributed by atoms with Crippen LogP contribution < -0.4 is 4.90 Å². The number of benzene rings is 2. The highest BCUT2D eigenvalue weighted by molar-refractivity contribution is 8.19. The first-order chi connectivity index (χ1) is 14.3. The second-order valence-electron chi connectivity index (χ2n) is 6.43. The average Bonchev–Trinajstić information content (AvgIpc) is 3.27. The van der Waals surface area contributed by atoms with E-state index in [0.717, 1.165) is 22.2 Å². The Kier molecular flexibility index (Phi) is 5.19. The van der Waals surface area contributed by atoms with Gasteiger partial charge in [-0.2, -0.15) is 0 Å². The molecule has 30 heavy (non-hydrogen) atoms. The van der Waals surface area contributed by atoms with E-state index < -0.39 is 10.8 Å². The predicted molar refractivity (Wildman–Crippen MR) is 115 cm³/mol. The van der Waals surface area contributed by atoms with Crippen molar-refractivity contribution in [2.75, 3.05) is 4.90 Å². The van der Waals surface area contributed by atoms with Crippen LogP contribution in [0.2, 0.25) is 5.02 Å². The van der Waals surface area contributed by atoms with Gasteiger partial charge in [0.05, 0.1) is 20.5 Å². The molecule has 0 atom stereocenters. The van der Waals surface area contributed by atoms with Crippen LogP contribution in [0.5, 0.6) is 0 Å². The largest absolute Gasteiger partial charge is 0.457 e. The first kappa shape index (κ1) is 19.9. The summed E-state index contributed by atoms with van der Waals surface area (Å²) < 4.78 is 5.74. The number of halogens is 1. The Bertz CT molecular complexity index is 1230. The fourth-order valence-corrected chi connectivity index (χ4v) is 4.09. The first-order valence-corrected chi connectivity index (χ1v) is 9.92. The van der Waals surface area contributed by atoms with Crippen molar-refractivity contribution in [2.24, 2.45) is 0 Å². The summed E-state index contributed by atoms with van der Waals surface area (Å²) in [5, 5.41) is 10.6. The number of non-ortho nitro benzene ring substituents is 1. The fourth-order valence-electron chi connectivity index (χ4n) is 3.01. The van der Waals surface area contributed by atoms with Gasteiger partial charge in [-0.1, -0.05) is 29.8 Å². The van der Waals surface area contributed by atoms with Crippen molar-refractivity contribution in [1.82, 2.24) is 0 Å². The molecule has 1 aromatic heterocycles. The Morgan fingerprint density at radius 3 is 2.60 bits per heavy atom. The number of anilines is 1. The molecule has 1 aliphatic heterocycles. The predicted octanol–water partition coefficient (Wildman–Crippen LogP) is 6.06. The zero-order valence-electron chi connectivity index (χ0n) is 15.5. The summed E-state index contributed by atoms with van der Waals surface area (Å²) in [5.41, 5.74) is 1.71. The molecular weight excluding hydrogens is 428 g/mol. The van der Waals surface area contributed by atoms with Crippen molar-refractivity contribution in [3.8, 4) is 11.3 Å². The van der Waals surface area contributed by atoms with E-state index in [1.54, 1.807) is 24.3 Å². The molecule has 150 valence electrons. The Morgan fingerprint density at radius 1 is 1.13 bits per heavy atom. The quantitative estimate of drug-likeness (QED) is 0.278. The summed E-state index contributed by atoms with van der Waals surface area (Å²) in [6.07, 6.45) is 1.49. The summed E-state index contributed by atoms with van der Waals surface area (Å²) in [6, 6.07) is 14.5. The van der Waals surface area contributed by atoms with E-state index in [0.29, 0.717) is 22.8 Å². The van der Waals surface area contributed by atoms with Gasteiger partial charge in [0, 0.05) is 23.8 Å². The SMILES string of the molecule is Cc1ccccc1N1C(=O)S/C(=C/c2ccc(-c3ccc([N+](=O)[O-])cc3Cl)o2)C1=O. The topological polar surface area (TPSA) is 93.7 Å². The molecule has 0 aliphatic carbocycles. The van der Waals surface area contributed by atoms with Crippen LogP contribution in [-0.2, 0) is 4.79 Å². The highest BCUT2D eigenvalue weighted by Gasteiger charge is 2.37.